The zero-order chi connectivity index (χ0) is 19.3. The van der Waals surface area contributed by atoms with Gasteiger partial charge in [0.15, 0.2) is 8.32 Å². The second kappa shape index (κ2) is 8.62. The van der Waals surface area contributed by atoms with E-state index in [0.29, 0.717) is 6.42 Å². The standard InChI is InChI=1S/C19H33NO3SSi/c1-8-9-10-17(23-25(6,7)19(3,4)5)15-20-24(21,22)18-13-11-16(2)12-14-18/h8-9,11-14,17,20H,10,15H2,1-7H3/b9-8+/t17-/m1/s1. The number of hydrogen-bond acceptors (Lipinski definition) is 3. The lowest BCUT2D eigenvalue weighted by Crippen LogP contribution is -2.46. The van der Waals surface area contributed by atoms with Crippen LogP contribution in [0.5, 0.6) is 0 Å². The van der Waals surface area contributed by atoms with Crippen LogP contribution in [0, 0.1) is 6.92 Å². The van der Waals surface area contributed by atoms with Crippen molar-refractivity contribution in [1.82, 2.24) is 4.72 Å². The van der Waals surface area contributed by atoms with Crippen LogP contribution >= 0.6 is 0 Å². The van der Waals surface area contributed by atoms with Gasteiger partial charge in [-0.2, -0.15) is 0 Å². The largest absolute Gasteiger partial charge is 0.412 e. The van der Waals surface area contributed by atoms with Crippen LogP contribution in [-0.4, -0.2) is 29.4 Å². The van der Waals surface area contributed by atoms with Gasteiger partial charge in [0.2, 0.25) is 10.0 Å². The molecule has 0 aromatic heterocycles. The molecule has 0 saturated heterocycles. The van der Waals surface area contributed by atoms with Crippen LogP contribution in [0.4, 0.5) is 0 Å². The highest BCUT2D eigenvalue weighted by Gasteiger charge is 2.39. The number of nitrogens with one attached hydrogen (secondary N) is 1. The van der Waals surface area contributed by atoms with Gasteiger partial charge in [-0.3, -0.25) is 0 Å². The Morgan fingerprint density at radius 3 is 2.24 bits per heavy atom. The molecule has 0 heterocycles. The van der Waals surface area contributed by atoms with E-state index >= 15 is 0 Å². The molecule has 25 heavy (non-hydrogen) atoms. The van der Waals surface area contributed by atoms with Crippen LogP contribution in [-0.2, 0) is 14.4 Å². The van der Waals surface area contributed by atoms with Crippen molar-refractivity contribution < 1.29 is 12.8 Å². The Labute approximate surface area is 154 Å². The number of allylic oxidation sites excluding steroid dienone is 1. The second-order valence-corrected chi connectivity index (χ2v) is 14.5. The van der Waals surface area contributed by atoms with E-state index in [2.05, 4.69) is 38.6 Å². The average molecular weight is 384 g/mol. The van der Waals surface area contributed by atoms with Crippen molar-refractivity contribution in [2.75, 3.05) is 6.54 Å². The van der Waals surface area contributed by atoms with Crippen molar-refractivity contribution in [1.29, 1.82) is 0 Å². The highest BCUT2D eigenvalue weighted by Crippen LogP contribution is 2.37. The maximum absolute atomic E-state index is 12.5. The third-order valence-corrected chi connectivity index (χ3v) is 10.7. The molecule has 1 aromatic carbocycles. The molecule has 0 bridgehead atoms. The Balaban J connectivity index is 2.87. The van der Waals surface area contributed by atoms with Crippen LogP contribution in [0.25, 0.3) is 0 Å². The minimum Gasteiger partial charge on any atom is -0.412 e. The number of aryl methyl sites for hydroxylation is 1. The summed E-state index contributed by atoms with van der Waals surface area (Å²) < 4.78 is 34.2. The smallest absolute Gasteiger partial charge is 0.240 e. The molecule has 0 fully saturated rings. The molecule has 6 heteroatoms. The van der Waals surface area contributed by atoms with E-state index in [1.54, 1.807) is 24.3 Å². The fraction of sp³-hybridized carbons (Fsp3) is 0.579. The van der Waals surface area contributed by atoms with Crippen molar-refractivity contribution >= 4 is 18.3 Å². The van der Waals surface area contributed by atoms with Gasteiger partial charge in [0.25, 0.3) is 0 Å². The zero-order valence-corrected chi connectivity index (χ0v) is 18.4. The molecule has 142 valence electrons. The van der Waals surface area contributed by atoms with Gasteiger partial charge in [-0.25, -0.2) is 13.1 Å². The summed E-state index contributed by atoms with van der Waals surface area (Å²) in [5.41, 5.74) is 1.03. The first-order valence-corrected chi connectivity index (χ1v) is 13.1. The Hall–Kier alpha value is -0.953. The monoisotopic (exact) mass is 383 g/mol. The number of hydrogen-bond donors (Lipinski definition) is 1. The molecule has 0 saturated carbocycles. The molecule has 1 aromatic rings. The summed E-state index contributed by atoms with van der Waals surface area (Å²) in [6.07, 6.45) is 4.52. The molecule has 0 aliphatic heterocycles. The minimum absolute atomic E-state index is 0.0804. The Bertz CT molecular complexity index is 674. The summed E-state index contributed by atoms with van der Waals surface area (Å²) in [6.45, 7) is 15.1. The van der Waals surface area contributed by atoms with Crippen molar-refractivity contribution in [3.05, 3.63) is 42.0 Å². The maximum Gasteiger partial charge on any atom is 0.240 e. The second-order valence-electron chi connectivity index (χ2n) is 7.97. The van der Waals surface area contributed by atoms with Gasteiger partial charge in [0, 0.05) is 6.54 Å². The lowest BCUT2D eigenvalue weighted by molar-refractivity contribution is 0.186. The topological polar surface area (TPSA) is 55.4 Å². The molecule has 0 radical (unpaired) electrons. The van der Waals surface area contributed by atoms with Crippen molar-refractivity contribution in [2.24, 2.45) is 0 Å². The first-order chi connectivity index (χ1) is 11.4. The molecule has 0 unspecified atom stereocenters. The SMILES string of the molecule is C/C=C/C[C@H](CNS(=O)(=O)c1ccc(C)cc1)O[Si](C)(C)C(C)(C)C. The molecule has 0 amide bonds. The minimum atomic E-state index is -3.53. The molecule has 4 nitrogen and oxygen atoms in total. The highest BCUT2D eigenvalue weighted by molar-refractivity contribution is 7.89. The predicted molar refractivity (Wildman–Crippen MR) is 108 cm³/mol. The van der Waals surface area contributed by atoms with Gasteiger partial charge in [-0.05, 0) is 50.5 Å². The van der Waals surface area contributed by atoms with Crippen LogP contribution in [0.3, 0.4) is 0 Å². The van der Waals surface area contributed by atoms with Crippen molar-refractivity contribution in [3.8, 4) is 0 Å². The van der Waals surface area contributed by atoms with Gasteiger partial charge in [0.05, 0.1) is 11.0 Å². The normalized spacial score (nSPS) is 14.8. The van der Waals surface area contributed by atoms with Crippen LogP contribution in [0.2, 0.25) is 18.1 Å². The summed E-state index contributed by atoms with van der Waals surface area (Å²) in [7, 11) is -5.50. The van der Waals surface area contributed by atoms with Gasteiger partial charge in [0.1, 0.15) is 0 Å². The molecular weight excluding hydrogens is 350 g/mol. The maximum atomic E-state index is 12.5. The van der Waals surface area contributed by atoms with E-state index in [-0.39, 0.29) is 22.6 Å². The van der Waals surface area contributed by atoms with E-state index in [1.807, 2.05) is 26.0 Å². The van der Waals surface area contributed by atoms with E-state index in [4.69, 9.17) is 4.43 Å². The van der Waals surface area contributed by atoms with Crippen LogP contribution in [0.15, 0.2) is 41.3 Å². The van der Waals surface area contributed by atoms with Crippen LogP contribution < -0.4 is 4.72 Å². The quantitative estimate of drug-likeness (QED) is 0.526. The van der Waals surface area contributed by atoms with Gasteiger partial charge in [-0.1, -0.05) is 50.6 Å². The number of sulfonamides is 1. The van der Waals surface area contributed by atoms with E-state index in [0.717, 1.165) is 5.56 Å². The summed E-state index contributed by atoms with van der Waals surface area (Å²) in [5, 5.41) is 0.0804. The van der Waals surface area contributed by atoms with Gasteiger partial charge >= 0.3 is 0 Å². The van der Waals surface area contributed by atoms with E-state index in [1.165, 1.54) is 0 Å². The Kier molecular flexibility index (Phi) is 7.62. The molecular formula is C19H33NO3SSi. The summed E-state index contributed by atoms with van der Waals surface area (Å²) in [6, 6.07) is 6.87. The van der Waals surface area contributed by atoms with Gasteiger partial charge < -0.3 is 4.43 Å². The predicted octanol–water partition coefficient (Wildman–Crippen LogP) is 4.63. The fourth-order valence-electron chi connectivity index (χ4n) is 2.06. The average Bonchev–Trinajstić information content (AvgIpc) is 2.49. The third kappa shape index (κ3) is 6.70. The summed E-state index contributed by atoms with van der Waals surface area (Å²) in [4.78, 5) is 0.287. The third-order valence-electron chi connectivity index (χ3n) is 4.73. The molecule has 1 rings (SSSR count). The molecule has 0 aliphatic rings. The van der Waals surface area contributed by atoms with Gasteiger partial charge in [-0.15, -0.1) is 0 Å². The van der Waals surface area contributed by atoms with E-state index < -0.39 is 18.3 Å². The van der Waals surface area contributed by atoms with Crippen molar-refractivity contribution in [3.63, 3.8) is 0 Å². The van der Waals surface area contributed by atoms with Crippen LogP contribution in [0.1, 0.15) is 39.7 Å². The summed E-state index contributed by atoms with van der Waals surface area (Å²) in [5.74, 6) is 0. The highest BCUT2D eigenvalue weighted by atomic mass is 32.2. The fourth-order valence-corrected chi connectivity index (χ4v) is 4.49. The number of benzene rings is 1. The lowest BCUT2D eigenvalue weighted by atomic mass is 10.2. The van der Waals surface area contributed by atoms with E-state index in [9.17, 15) is 8.42 Å². The molecule has 1 N–H and O–H groups in total. The molecule has 0 aliphatic carbocycles. The first kappa shape index (κ1) is 22.1. The Morgan fingerprint density at radius 1 is 1.20 bits per heavy atom. The lowest BCUT2D eigenvalue weighted by Gasteiger charge is -2.39. The Morgan fingerprint density at radius 2 is 1.76 bits per heavy atom. The first-order valence-electron chi connectivity index (χ1n) is 8.74. The molecule has 1 atom stereocenters. The molecule has 0 spiro atoms. The zero-order valence-electron chi connectivity index (χ0n) is 16.6. The number of rotatable bonds is 8. The summed E-state index contributed by atoms with van der Waals surface area (Å²) >= 11 is 0. The van der Waals surface area contributed by atoms with Crippen molar-refractivity contribution in [2.45, 2.75) is 70.2 Å².